The second-order valence-corrected chi connectivity index (χ2v) is 7.93. The molecule has 0 spiro atoms. The van der Waals surface area contributed by atoms with Crippen molar-refractivity contribution in [2.75, 3.05) is 12.4 Å². The molecular weight excluding hydrogens is 302 g/mol. The van der Waals surface area contributed by atoms with Crippen LogP contribution in [-0.4, -0.2) is 29.0 Å². The molecule has 2 saturated carbocycles. The molecule has 0 radical (unpaired) electrons. The van der Waals surface area contributed by atoms with Gasteiger partial charge in [0.25, 0.3) is 0 Å². The molecule has 2 atom stereocenters. The van der Waals surface area contributed by atoms with E-state index in [1.54, 1.807) is 0 Å². The van der Waals surface area contributed by atoms with Crippen LogP contribution in [0.2, 0.25) is 5.02 Å². The maximum absolute atomic E-state index is 9.93. The third-order valence-corrected chi connectivity index (χ3v) is 6.42. The van der Waals surface area contributed by atoms with Crippen LogP contribution in [0.5, 0.6) is 0 Å². The van der Waals surface area contributed by atoms with E-state index >= 15 is 0 Å². The van der Waals surface area contributed by atoms with Crippen LogP contribution in [0.4, 0.5) is 0 Å². The number of rotatable bonds is 7. The Balaban J connectivity index is 1.55. The fraction of sp³-hybridized carbons (Fsp3) is 0.647. The number of benzene rings is 1. The van der Waals surface area contributed by atoms with Gasteiger partial charge in [-0.1, -0.05) is 30.2 Å². The first-order chi connectivity index (χ1) is 10.2. The number of hydrogen-bond donors (Lipinski definition) is 2. The third kappa shape index (κ3) is 3.76. The van der Waals surface area contributed by atoms with Gasteiger partial charge in [-0.05, 0) is 55.9 Å². The molecule has 116 valence electrons. The molecule has 2 aliphatic rings. The SMILES string of the molecule is OCC1(NC2CC2)CCCC1CCSc1ccccc1Cl. The van der Waals surface area contributed by atoms with Gasteiger partial charge in [0.2, 0.25) is 0 Å². The fourth-order valence-electron chi connectivity index (χ4n) is 3.52. The molecule has 0 amide bonds. The van der Waals surface area contributed by atoms with Crippen molar-refractivity contribution in [2.45, 2.75) is 55.0 Å². The molecule has 1 aromatic rings. The van der Waals surface area contributed by atoms with Crippen LogP contribution in [0.3, 0.4) is 0 Å². The minimum absolute atomic E-state index is 0.0117. The molecule has 2 fully saturated rings. The smallest absolute Gasteiger partial charge is 0.0616 e. The van der Waals surface area contributed by atoms with Gasteiger partial charge in [-0.25, -0.2) is 0 Å². The van der Waals surface area contributed by atoms with Gasteiger partial charge < -0.3 is 10.4 Å². The molecule has 2 nitrogen and oxygen atoms in total. The van der Waals surface area contributed by atoms with Gasteiger partial charge in [0.1, 0.15) is 0 Å². The highest BCUT2D eigenvalue weighted by atomic mass is 35.5. The molecule has 0 bridgehead atoms. The minimum atomic E-state index is -0.0117. The lowest BCUT2D eigenvalue weighted by Gasteiger charge is -2.35. The highest BCUT2D eigenvalue weighted by molar-refractivity contribution is 7.99. The molecule has 0 aromatic heterocycles. The van der Waals surface area contributed by atoms with Crippen molar-refractivity contribution in [3.8, 4) is 0 Å². The summed E-state index contributed by atoms with van der Waals surface area (Å²) in [4.78, 5) is 1.17. The van der Waals surface area contributed by atoms with Gasteiger partial charge in [0.05, 0.1) is 11.6 Å². The van der Waals surface area contributed by atoms with E-state index in [0.717, 1.165) is 23.6 Å². The van der Waals surface area contributed by atoms with E-state index in [1.165, 1.54) is 30.6 Å². The van der Waals surface area contributed by atoms with Crippen LogP contribution in [0, 0.1) is 5.92 Å². The zero-order valence-electron chi connectivity index (χ0n) is 12.4. The summed E-state index contributed by atoms with van der Waals surface area (Å²) in [6, 6.07) is 8.71. The van der Waals surface area contributed by atoms with Crippen LogP contribution < -0.4 is 5.32 Å². The Bertz CT molecular complexity index is 480. The van der Waals surface area contributed by atoms with E-state index in [1.807, 2.05) is 30.0 Å². The summed E-state index contributed by atoms with van der Waals surface area (Å²) in [7, 11) is 0. The molecule has 2 aliphatic carbocycles. The van der Waals surface area contributed by atoms with Crippen LogP contribution in [0.25, 0.3) is 0 Å². The average molecular weight is 326 g/mol. The summed E-state index contributed by atoms with van der Waals surface area (Å²) in [5, 5.41) is 14.5. The Kier molecular flexibility index (Phi) is 5.15. The number of nitrogens with one attached hydrogen (secondary N) is 1. The zero-order valence-corrected chi connectivity index (χ0v) is 13.9. The number of thioether (sulfide) groups is 1. The lowest BCUT2D eigenvalue weighted by atomic mass is 9.85. The van der Waals surface area contributed by atoms with E-state index in [9.17, 15) is 5.11 Å². The van der Waals surface area contributed by atoms with Crippen LogP contribution >= 0.6 is 23.4 Å². The van der Waals surface area contributed by atoms with Crippen molar-refractivity contribution in [1.29, 1.82) is 0 Å². The molecule has 21 heavy (non-hydrogen) atoms. The molecule has 0 heterocycles. The Morgan fingerprint density at radius 2 is 2.10 bits per heavy atom. The first kappa shape index (κ1) is 15.7. The van der Waals surface area contributed by atoms with E-state index in [-0.39, 0.29) is 12.1 Å². The number of halogens is 1. The van der Waals surface area contributed by atoms with E-state index in [4.69, 9.17) is 11.6 Å². The van der Waals surface area contributed by atoms with Crippen LogP contribution in [0.1, 0.15) is 38.5 Å². The first-order valence-corrected chi connectivity index (χ1v) is 9.36. The van der Waals surface area contributed by atoms with Crippen molar-refractivity contribution in [3.63, 3.8) is 0 Å². The van der Waals surface area contributed by atoms with Gasteiger partial charge in [0, 0.05) is 16.5 Å². The molecule has 0 aliphatic heterocycles. The molecule has 4 heteroatoms. The Morgan fingerprint density at radius 1 is 1.29 bits per heavy atom. The van der Waals surface area contributed by atoms with Gasteiger partial charge in [-0.2, -0.15) is 0 Å². The Labute approximate surface area is 136 Å². The molecule has 3 rings (SSSR count). The predicted molar refractivity (Wildman–Crippen MR) is 90.1 cm³/mol. The molecular formula is C17H24ClNOS. The van der Waals surface area contributed by atoms with Crippen molar-refractivity contribution >= 4 is 23.4 Å². The molecule has 0 saturated heterocycles. The summed E-state index contributed by atoms with van der Waals surface area (Å²) in [5.74, 6) is 1.67. The topological polar surface area (TPSA) is 32.3 Å². The Hall–Kier alpha value is -0.220. The molecule has 2 unspecified atom stereocenters. The quantitative estimate of drug-likeness (QED) is 0.740. The van der Waals surface area contributed by atoms with Crippen molar-refractivity contribution in [3.05, 3.63) is 29.3 Å². The predicted octanol–water partition coefficient (Wildman–Crippen LogP) is 4.11. The maximum Gasteiger partial charge on any atom is 0.0616 e. The monoisotopic (exact) mass is 325 g/mol. The van der Waals surface area contributed by atoms with Crippen LogP contribution in [0.15, 0.2) is 29.2 Å². The summed E-state index contributed by atoms with van der Waals surface area (Å²) in [5.41, 5.74) is -0.0117. The second-order valence-electron chi connectivity index (χ2n) is 6.39. The summed E-state index contributed by atoms with van der Waals surface area (Å²) < 4.78 is 0. The van der Waals surface area contributed by atoms with E-state index < -0.39 is 0 Å². The van der Waals surface area contributed by atoms with Crippen LogP contribution in [-0.2, 0) is 0 Å². The zero-order chi connectivity index (χ0) is 14.7. The van der Waals surface area contributed by atoms with E-state index in [0.29, 0.717) is 12.0 Å². The highest BCUT2D eigenvalue weighted by Crippen LogP contribution is 2.41. The minimum Gasteiger partial charge on any atom is -0.394 e. The number of aliphatic hydroxyl groups is 1. The van der Waals surface area contributed by atoms with Gasteiger partial charge >= 0.3 is 0 Å². The molecule has 2 N–H and O–H groups in total. The fourth-order valence-corrected chi connectivity index (χ4v) is 4.82. The molecule has 1 aromatic carbocycles. The number of aliphatic hydroxyl groups excluding tert-OH is 1. The third-order valence-electron chi connectivity index (χ3n) is 4.87. The summed E-state index contributed by atoms with van der Waals surface area (Å²) in [6.45, 7) is 0.283. The van der Waals surface area contributed by atoms with Crippen molar-refractivity contribution < 1.29 is 5.11 Å². The van der Waals surface area contributed by atoms with Crippen molar-refractivity contribution in [2.24, 2.45) is 5.92 Å². The largest absolute Gasteiger partial charge is 0.394 e. The normalized spacial score (nSPS) is 29.0. The van der Waals surface area contributed by atoms with E-state index in [2.05, 4.69) is 11.4 Å². The maximum atomic E-state index is 9.93. The summed E-state index contributed by atoms with van der Waals surface area (Å²) >= 11 is 8.05. The average Bonchev–Trinajstić information content (AvgIpc) is 3.21. The van der Waals surface area contributed by atoms with Gasteiger partial charge in [-0.15, -0.1) is 11.8 Å². The summed E-state index contributed by atoms with van der Waals surface area (Å²) in [6.07, 6.45) is 7.31. The highest BCUT2D eigenvalue weighted by Gasteiger charge is 2.44. The first-order valence-electron chi connectivity index (χ1n) is 7.99. The second kappa shape index (κ2) is 6.91. The lowest BCUT2D eigenvalue weighted by Crippen LogP contribution is -2.52. The van der Waals surface area contributed by atoms with Gasteiger partial charge in [0.15, 0.2) is 0 Å². The Morgan fingerprint density at radius 3 is 2.81 bits per heavy atom. The number of hydrogen-bond acceptors (Lipinski definition) is 3. The van der Waals surface area contributed by atoms with Crippen molar-refractivity contribution in [1.82, 2.24) is 5.32 Å². The van der Waals surface area contributed by atoms with Gasteiger partial charge in [-0.3, -0.25) is 0 Å². The lowest BCUT2D eigenvalue weighted by molar-refractivity contribution is 0.120. The standard InChI is InChI=1S/C17H24ClNOS/c18-15-5-1-2-6-16(15)21-11-9-13-4-3-10-17(13,12-20)19-14-7-8-14/h1-2,5-6,13-14,19-20H,3-4,7-12H2.